The monoisotopic (exact) mass is 308 g/mol. The van der Waals surface area contributed by atoms with E-state index in [1.165, 1.54) is 0 Å². The van der Waals surface area contributed by atoms with Crippen LogP contribution in [0.5, 0.6) is 0 Å². The van der Waals surface area contributed by atoms with E-state index >= 15 is 0 Å². The van der Waals surface area contributed by atoms with Gasteiger partial charge in [0.1, 0.15) is 18.3 Å². The molecule has 9 nitrogen and oxygen atoms in total. The number of aliphatic carboxylic acids is 1. The zero-order chi connectivity index (χ0) is 17.4. The number of hydrogen-bond acceptors (Lipinski definition) is 7. The number of carboxylic acids is 1. The average Bonchev–Trinajstić information content (AvgIpc) is 2.47. The van der Waals surface area contributed by atoms with Crippen LogP contribution in [0.2, 0.25) is 0 Å². The van der Waals surface area contributed by atoms with Crippen LogP contribution >= 0.6 is 0 Å². The van der Waals surface area contributed by atoms with Crippen molar-refractivity contribution >= 4 is 17.7 Å². The second-order valence-corrected chi connectivity index (χ2v) is 4.65. The lowest BCUT2D eigenvalue weighted by molar-refractivity contribution is -0.150. The van der Waals surface area contributed by atoms with E-state index in [0.717, 1.165) is 6.92 Å². The molecule has 0 saturated heterocycles. The Hall–Kier alpha value is -1.55. The number of Topliss-reactive ketones (excluding diaryl/α,β-unsaturated/α-hetero) is 1. The van der Waals surface area contributed by atoms with Crippen molar-refractivity contribution in [3.05, 3.63) is 0 Å². The normalized spacial score (nSPS) is 18.8. The number of rotatable bonds is 9. The molecule has 0 saturated carbocycles. The first-order valence-electron chi connectivity index (χ1n) is 6.83. The van der Waals surface area contributed by atoms with Gasteiger partial charge >= 0.3 is 5.97 Å². The van der Waals surface area contributed by atoms with E-state index in [1.807, 2.05) is 0 Å². The Morgan fingerprint density at radius 2 is 1.76 bits per heavy atom. The first-order chi connectivity index (χ1) is 10.1. The maximum atomic E-state index is 11.3. The molecule has 1 amide bonds. The van der Waals surface area contributed by atoms with Gasteiger partial charge in [-0.05, 0) is 5.92 Å². The maximum absolute atomic E-state index is 11.3. The standard InChI is InChI=1S/C12H21NO8/c1-5(3-7(16)12(20)21)9(13-6(2)15)11(19)10(18)8(17)4-14/h5,8-11,14,17-19H,3-4H2,1-2H3,(H,13,15)(H,20,21)/t5-,8+,9+,10+,11+/m0/s1/i1D. The van der Waals surface area contributed by atoms with Gasteiger partial charge in [0.05, 0.1) is 12.6 Å². The van der Waals surface area contributed by atoms with Crippen LogP contribution in [-0.4, -0.2) is 74.2 Å². The second kappa shape index (κ2) is 8.67. The molecule has 0 spiro atoms. The first-order valence-corrected chi connectivity index (χ1v) is 6.13. The summed E-state index contributed by atoms with van der Waals surface area (Å²) in [5.41, 5.74) is 0. The molecule has 0 fully saturated rings. The minimum Gasteiger partial charge on any atom is -0.476 e. The molecule has 122 valence electrons. The van der Waals surface area contributed by atoms with Crippen molar-refractivity contribution in [3.63, 3.8) is 0 Å². The summed E-state index contributed by atoms with van der Waals surface area (Å²) in [6.45, 7) is -0.276. The molecule has 0 aromatic heterocycles. The highest BCUT2D eigenvalue weighted by molar-refractivity contribution is 6.32. The highest BCUT2D eigenvalue weighted by Gasteiger charge is 2.36. The molecule has 5 atom stereocenters. The summed E-state index contributed by atoms with van der Waals surface area (Å²) in [5.74, 6) is -4.67. The summed E-state index contributed by atoms with van der Waals surface area (Å²) >= 11 is 0. The van der Waals surface area contributed by atoms with Crippen molar-refractivity contribution in [1.82, 2.24) is 5.32 Å². The van der Waals surface area contributed by atoms with E-state index in [-0.39, 0.29) is 0 Å². The lowest BCUT2D eigenvalue weighted by Crippen LogP contribution is -2.55. The van der Waals surface area contributed by atoms with E-state index in [2.05, 4.69) is 5.32 Å². The minimum atomic E-state index is -1.85. The fraction of sp³-hybridized carbons (Fsp3) is 0.750. The zero-order valence-corrected chi connectivity index (χ0v) is 11.5. The molecule has 0 radical (unpaired) electrons. The van der Waals surface area contributed by atoms with Crippen LogP contribution < -0.4 is 5.32 Å². The number of hydrogen-bond donors (Lipinski definition) is 6. The molecule has 0 aliphatic carbocycles. The fourth-order valence-corrected chi connectivity index (χ4v) is 1.72. The number of carbonyl (C=O) groups excluding carboxylic acids is 2. The maximum Gasteiger partial charge on any atom is 0.372 e. The van der Waals surface area contributed by atoms with Gasteiger partial charge in [0.15, 0.2) is 0 Å². The third-order valence-corrected chi connectivity index (χ3v) is 2.86. The highest BCUT2D eigenvalue weighted by atomic mass is 16.4. The summed E-state index contributed by atoms with van der Waals surface area (Å²) in [4.78, 5) is 33.0. The molecule has 9 heteroatoms. The Balaban J connectivity index is 5.25. The molecule has 0 aliphatic heterocycles. The molecule has 0 aromatic rings. The predicted molar refractivity (Wildman–Crippen MR) is 69.1 cm³/mol. The number of carboxylic acid groups (broad SMARTS) is 1. The van der Waals surface area contributed by atoms with Crippen LogP contribution in [0.3, 0.4) is 0 Å². The summed E-state index contributed by atoms with van der Waals surface area (Å²) in [6.07, 6.45) is -5.99. The molecular weight excluding hydrogens is 286 g/mol. The average molecular weight is 308 g/mol. The molecule has 0 bridgehead atoms. The fourth-order valence-electron chi connectivity index (χ4n) is 1.72. The number of nitrogens with one attached hydrogen (secondary N) is 1. The Morgan fingerprint density at radius 1 is 1.19 bits per heavy atom. The smallest absolute Gasteiger partial charge is 0.372 e. The summed E-state index contributed by atoms with van der Waals surface area (Å²) in [7, 11) is 0. The van der Waals surface area contributed by atoms with Gasteiger partial charge in [0, 0.05) is 14.7 Å². The van der Waals surface area contributed by atoms with E-state index in [1.54, 1.807) is 0 Å². The lowest BCUT2D eigenvalue weighted by Gasteiger charge is -2.32. The third kappa shape index (κ3) is 6.17. The number of aliphatic hydroxyl groups is 4. The molecule has 21 heavy (non-hydrogen) atoms. The van der Waals surface area contributed by atoms with Gasteiger partial charge in [0.25, 0.3) is 0 Å². The Morgan fingerprint density at radius 3 is 2.14 bits per heavy atom. The quantitative estimate of drug-likeness (QED) is 0.249. The largest absolute Gasteiger partial charge is 0.476 e. The second-order valence-electron chi connectivity index (χ2n) is 4.65. The van der Waals surface area contributed by atoms with E-state index in [9.17, 15) is 29.7 Å². The minimum absolute atomic E-state index is 0.511. The molecule has 0 aromatic carbocycles. The summed E-state index contributed by atoms with van der Waals surface area (Å²) in [6, 6.07) is -1.34. The van der Waals surface area contributed by atoms with Crippen LogP contribution in [-0.2, 0) is 14.4 Å². The molecule has 0 heterocycles. The van der Waals surface area contributed by atoms with Gasteiger partial charge in [-0.1, -0.05) is 6.90 Å². The first kappa shape index (κ1) is 17.5. The van der Waals surface area contributed by atoms with Crippen molar-refractivity contribution in [2.75, 3.05) is 6.61 Å². The van der Waals surface area contributed by atoms with Gasteiger partial charge in [-0.3, -0.25) is 9.59 Å². The van der Waals surface area contributed by atoms with Gasteiger partial charge in [-0.25, -0.2) is 4.79 Å². The van der Waals surface area contributed by atoms with Crippen molar-refractivity contribution in [1.29, 1.82) is 0 Å². The third-order valence-electron chi connectivity index (χ3n) is 2.86. The SMILES string of the molecule is [2H]C[C@@H](CC(=O)C(=O)O)[C@@H](NC(C)=O)[C@@H](O)[C@H](O)[C@H](O)CO. The van der Waals surface area contributed by atoms with Crippen LogP contribution in [0.15, 0.2) is 0 Å². The summed E-state index contributed by atoms with van der Waals surface area (Å²) < 4.78 is 7.35. The number of ketones is 1. The molecule has 6 N–H and O–H groups in total. The summed E-state index contributed by atoms with van der Waals surface area (Å²) in [5, 5.41) is 48.6. The van der Waals surface area contributed by atoms with Crippen molar-refractivity contribution < 1.29 is 41.3 Å². The van der Waals surface area contributed by atoms with Crippen LogP contribution in [0, 0.1) is 5.92 Å². The van der Waals surface area contributed by atoms with E-state index < -0.39 is 67.9 Å². The van der Waals surface area contributed by atoms with Crippen molar-refractivity contribution in [3.8, 4) is 0 Å². The zero-order valence-electron chi connectivity index (χ0n) is 12.5. The molecule has 0 rings (SSSR count). The van der Waals surface area contributed by atoms with Crippen LogP contribution in [0.25, 0.3) is 0 Å². The van der Waals surface area contributed by atoms with Gasteiger partial charge in [-0.15, -0.1) is 0 Å². The van der Waals surface area contributed by atoms with Gasteiger partial charge < -0.3 is 30.8 Å². The molecule has 0 unspecified atom stereocenters. The Labute approximate surface area is 122 Å². The molecule has 0 aliphatic rings. The van der Waals surface area contributed by atoms with E-state index in [4.69, 9.17) is 11.6 Å². The van der Waals surface area contributed by atoms with E-state index in [0.29, 0.717) is 0 Å². The Kier molecular flexibility index (Phi) is 7.23. The highest BCUT2D eigenvalue weighted by Crippen LogP contribution is 2.17. The van der Waals surface area contributed by atoms with Gasteiger partial charge in [0.2, 0.25) is 11.7 Å². The lowest BCUT2D eigenvalue weighted by atomic mass is 9.88. The molecular formula is C12H21NO8. The predicted octanol–water partition coefficient (Wildman–Crippen LogP) is -2.75. The Bertz CT molecular complexity index is 405. The van der Waals surface area contributed by atoms with Crippen LogP contribution in [0.4, 0.5) is 0 Å². The van der Waals surface area contributed by atoms with Crippen LogP contribution in [0.1, 0.15) is 21.6 Å². The topological polar surface area (TPSA) is 164 Å². The van der Waals surface area contributed by atoms with Gasteiger partial charge in [-0.2, -0.15) is 0 Å². The number of aliphatic hydroxyl groups excluding tert-OH is 4. The number of amides is 1. The van der Waals surface area contributed by atoms with Crippen molar-refractivity contribution in [2.24, 2.45) is 5.92 Å². The number of carbonyl (C=O) groups is 3. The van der Waals surface area contributed by atoms with Crippen molar-refractivity contribution in [2.45, 2.75) is 44.6 Å².